The van der Waals surface area contributed by atoms with E-state index in [9.17, 15) is 8.42 Å². The molecule has 0 saturated carbocycles. The summed E-state index contributed by atoms with van der Waals surface area (Å²) >= 11 is 5.98. The summed E-state index contributed by atoms with van der Waals surface area (Å²) < 4.78 is 27.4. The zero-order valence-electron chi connectivity index (χ0n) is 12.6. The number of sulfonamides is 1. The largest absolute Gasteiger partial charge is 0.313 e. The van der Waals surface area contributed by atoms with Crippen LogP contribution in [0.1, 0.15) is 31.7 Å². The Bertz CT molecular complexity index is 583. The Morgan fingerprint density at radius 2 is 2.19 bits per heavy atom. The first-order chi connectivity index (χ1) is 9.95. The Morgan fingerprint density at radius 3 is 2.81 bits per heavy atom. The lowest BCUT2D eigenvalue weighted by molar-refractivity contribution is 0.369. The summed E-state index contributed by atoms with van der Waals surface area (Å²) in [6, 6.07) is 5.29. The summed E-state index contributed by atoms with van der Waals surface area (Å²) in [6.45, 7) is 5.84. The van der Waals surface area contributed by atoms with E-state index in [1.807, 2.05) is 6.92 Å². The van der Waals surface area contributed by atoms with Gasteiger partial charge >= 0.3 is 0 Å². The molecule has 0 bridgehead atoms. The average molecular weight is 331 g/mol. The lowest BCUT2D eigenvalue weighted by Gasteiger charge is -2.25. The molecule has 21 heavy (non-hydrogen) atoms. The van der Waals surface area contributed by atoms with Crippen LogP contribution in [-0.2, 0) is 10.0 Å². The molecule has 0 radical (unpaired) electrons. The number of benzene rings is 1. The monoisotopic (exact) mass is 330 g/mol. The molecule has 0 aliphatic carbocycles. The van der Waals surface area contributed by atoms with Gasteiger partial charge in [0.25, 0.3) is 0 Å². The smallest absolute Gasteiger partial charge is 0.243 e. The number of halogens is 1. The van der Waals surface area contributed by atoms with Crippen molar-refractivity contribution in [1.82, 2.24) is 9.62 Å². The Balaban J connectivity index is 2.29. The highest BCUT2D eigenvalue weighted by molar-refractivity contribution is 7.89. The summed E-state index contributed by atoms with van der Waals surface area (Å²) in [5, 5.41) is 3.82. The molecule has 118 valence electrons. The van der Waals surface area contributed by atoms with E-state index in [2.05, 4.69) is 5.32 Å². The SMILES string of the molecule is CCCN(CC1CCCN1)S(=O)(=O)c1cc(Cl)ccc1C. The lowest BCUT2D eigenvalue weighted by atomic mass is 10.2. The molecule has 6 heteroatoms. The van der Waals surface area contributed by atoms with Crippen LogP contribution in [0.2, 0.25) is 5.02 Å². The molecular formula is C15H23ClN2O2S. The van der Waals surface area contributed by atoms with Gasteiger partial charge in [-0.3, -0.25) is 0 Å². The molecule has 1 saturated heterocycles. The predicted molar refractivity (Wildman–Crippen MR) is 86.3 cm³/mol. The van der Waals surface area contributed by atoms with Crippen molar-refractivity contribution >= 4 is 21.6 Å². The fourth-order valence-corrected chi connectivity index (χ4v) is 4.77. The van der Waals surface area contributed by atoms with Gasteiger partial charge in [0.05, 0.1) is 4.90 Å². The second-order valence-corrected chi connectivity index (χ2v) is 7.91. The van der Waals surface area contributed by atoms with E-state index in [0.717, 1.165) is 31.4 Å². The minimum atomic E-state index is -3.49. The van der Waals surface area contributed by atoms with Gasteiger partial charge in [0.15, 0.2) is 0 Å². The number of nitrogens with zero attached hydrogens (tertiary/aromatic N) is 1. The number of nitrogens with one attached hydrogen (secondary N) is 1. The maximum atomic E-state index is 12.9. The zero-order chi connectivity index (χ0) is 15.5. The van der Waals surface area contributed by atoms with Crippen molar-refractivity contribution in [1.29, 1.82) is 0 Å². The van der Waals surface area contributed by atoms with Gasteiger partial charge in [-0.25, -0.2) is 8.42 Å². The van der Waals surface area contributed by atoms with Crippen molar-refractivity contribution in [2.75, 3.05) is 19.6 Å². The predicted octanol–water partition coefficient (Wildman–Crippen LogP) is 2.80. The lowest BCUT2D eigenvalue weighted by Crippen LogP contribution is -2.41. The highest BCUT2D eigenvalue weighted by Gasteiger charge is 2.29. The number of hydrogen-bond acceptors (Lipinski definition) is 3. The maximum Gasteiger partial charge on any atom is 0.243 e. The van der Waals surface area contributed by atoms with Crippen molar-refractivity contribution < 1.29 is 8.42 Å². The van der Waals surface area contributed by atoms with Gasteiger partial charge in [0.2, 0.25) is 10.0 Å². The third-order valence-electron chi connectivity index (χ3n) is 3.83. The van der Waals surface area contributed by atoms with Crippen LogP contribution in [0.25, 0.3) is 0 Å². The topological polar surface area (TPSA) is 49.4 Å². The molecule has 0 aromatic heterocycles. The summed E-state index contributed by atoms with van der Waals surface area (Å²) in [7, 11) is -3.49. The molecule has 1 heterocycles. The van der Waals surface area contributed by atoms with Crippen molar-refractivity contribution in [3.63, 3.8) is 0 Å². The quantitative estimate of drug-likeness (QED) is 0.872. The fraction of sp³-hybridized carbons (Fsp3) is 0.600. The third kappa shape index (κ3) is 3.97. The van der Waals surface area contributed by atoms with E-state index >= 15 is 0 Å². The van der Waals surface area contributed by atoms with Crippen LogP contribution in [-0.4, -0.2) is 38.4 Å². The molecule has 0 spiro atoms. The van der Waals surface area contributed by atoms with Gasteiger partial charge in [-0.15, -0.1) is 0 Å². The molecule has 0 amide bonds. The summed E-state index contributed by atoms with van der Waals surface area (Å²) in [6.07, 6.45) is 2.94. The van der Waals surface area contributed by atoms with Crippen LogP contribution in [0.3, 0.4) is 0 Å². The summed E-state index contributed by atoms with van der Waals surface area (Å²) in [4.78, 5) is 0.321. The molecule has 1 N–H and O–H groups in total. The fourth-order valence-electron chi connectivity index (χ4n) is 2.71. The van der Waals surface area contributed by atoms with Crippen molar-refractivity contribution in [3.8, 4) is 0 Å². The zero-order valence-corrected chi connectivity index (χ0v) is 14.2. The molecule has 1 aliphatic rings. The van der Waals surface area contributed by atoms with Crippen molar-refractivity contribution in [2.24, 2.45) is 0 Å². The normalized spacial score (nSPS) is 19.3. The van der Waals surface area contributed by atoms with E-state index in [-0.39, 0.29) is 6.04 Å². The Kier molecular flexibility index (Phi) is 5.66. The number of aryl methyl sites for hydroxylation is 1. The molecule has 4 nitrogen and oxygen atoms in total. The minimum Gasteiger partial charge on any atom is -0.313 e. The first-order valence-electron chi connectivity index (χ1n) is 7.45. The van der Waals surface area contributed by atoms with Gasteiger partial charge in [-0.1, -0.05) is 24.6 Å². The van der Waals surface area contributed by atoms with E-state index < -0.39 is 10.0 Å². The molecule has 1 atom stereocenters. The van der Waals surface area contributed by atoms with E-state index in [4.69, 9.17) is 11.6 Å². The Hall–Kier alpha value is -0.620. The highest BCUT2D eigenvalue weighted by Crippen LogP contribution is 2.24. The van der Waals surface area contributed by atoms with Crippen LogP contribution in [0.15, 0.2) is 23.1 Å². The summed E-state index contributed by atoms with van der Waals surface area (Å²) in [5.41, 5.74) is 0.736. The molecule has 1 aromatic rings. The third-order valence-corrected chi connectivity index (χ3v) is 6.07. The Labute approximate surface area is 132 Å². The van der Waals surface area contributed by atoms with Crippen LogP contribution in [0, 0.1) is 6.92 Å². The maximum absolute atomic E-state index is 12.9. The average Bonchev–Trinajstić information content (AvgIpc) is 2.94. The summed E-state index contributed by atoms with van der Waals surface area (Å²) in [5.74, 6) is 0. The van der Waals surface area contributed by atoms with E-state index in [1.165, 1.54) is 0 Å². The second kappa shape index (κ2) is 7.09. The molecule has 2 rings (SSSR count). The standard InChI is InChI=1S/C15H23ClN2O2S/c1-3-9-18(11-14-5-4-8-17-14)21(19,20)15-10-13(16)7-6-12(15)2/h6-7,10,14,17H,3-5,8-9,11H2,1-2H3. The highest BCUT2D eigenvalue weighted by atomic mass is 35.5. The van der Waals surface area contributed by atoms with Crippen molar-refractivity contribution in [3.05, 3.63) is 28.8 Å². The number of hydrogen-bond donors (Lipinski definition) is 1. The van der Waals surface area contributed by atoms with E-state index in [0.29, 0.717) is 23.0 Å². The molecule has 1 fully saturated rings. The van der Waals surface area contributed by atoms with Gasteiger partial charge < -0.3 is 5.32 Å². The first kappa shape index (κ1) is 16.7. The van der Waals surface area contributed by atoms with Gasteiger partial charge in [-0.2, -0.15) is 4.31 Å². The molecular weight excluding hydrogens is 308 g/mol. The van der Waals surface area contributed by atoms with E-state index in [1.54, 1.807) is 29.4 Å². The number of rotatable bonds is 6. The van der Waals surface area contributed by atoms with Gasteiger partial charge in [0, 0.05) is 24.2 Å². The second-order valence-electron chi connectivity index (χ2n) is 5.57. The van der Waals surface area contributed by atoms with Crippen LogP contribution >= 0.6 is 11.6 Å². The minimum absolute atomic E-state index is 0.255. The van der Waals surface area contributed by atoms with Gasteiger partial charge in [-0.05, 0) is 50.4 Å². The molecule has 1 aliphatic heterocycles. The van der Waals surface area contributed by atoms with Crippen molar-refractivity contribution in [2.45, 2.75) is 44.0 Å². The van der Waals surface area contributed by atoms with Crippen LogP contribution in [0.4, 0.5) is 0 Å². The van der Waals surface area contributed by atoms with Crippen LogP contribution < -0.4 is 5.32 Å². The first-order valence-corrected chi connectivity index (χ1v) is 9.26. The van der Waals surface area contributed by atoms with Crippen LogP contribution in [0.5, 0.6) is 0 Å². The molecule has 1 aromatic carbocycles. The Morgan fingerprint density at radius 1 is 1.43 bits per heavy atom. The van der Waals surface area contributed by atoms with Gasteiger partial charge in [0.1, 0.15) is 0 Å². The molecule has 1 unspecified atom stereocenters.